The number of halogens is 1. The summed E-state index contributed by atoms with van der Waals surface area (Å²) >= 11 is 3.51. The van der Waals surface area contributed by atoms with E-state index in [9.17, 15) is 0 Å². The molecular weight excluding hydrogens is 266 g/mol. The van der Waals surface area contributed by atoms with Crippen molar-refractivity contribution in [3.05, 3.63) is 34.3 Å². The average molecular weight is 284 g/mol. The molecule has 0 amide bonds. The highest BCUT2D eigenvalue weighted by Gasteiger charge is 2.16. The first kappa shape index (κ1) is 12.1. The van der Waals surface area contributed by atoms with E-state index in [1.54, 1.807) is 0 Å². The first-order valence-corrected chi connectivity index (χ1v) is 6.61. The molecule has 1 aromatic rings. The zero-order valence-electron chi connectivity index (χ0n) is 9.66. The van der Waals surface area contributed by atoms with Gasteiger partial charge in [-0.15, -0.1) is 0 Å². The minimum Gasteiger partial charge on any atom is -0.379 e. The van der Waals surface area contributed by atoms with Gasteiger partial charge in [-0.1, -0.05) is 28.1 Å². The molecule has 1 fully saturated rings. The number of hydrogen-bond acceptors (Lipinski definition) is 2. The molecule has 2 rings (SSSR count). The highest BCUT2D eigenvalue weighted by atomic mass is 79.9. The molecule has 0 aliphatic carbocycles. The Balaban J connectivity index is 1.93. The zero-order chi connectivity index (χ0) is 11.4. The van der Waals surface area contributed by atoms with Crippen molar-refractivity contribution < 1.29 is 4.74 Å². The monoisotopic (exact) mass is 283 g/mol. The molecule has 16 heavy (non-hydrogen) atoms. The van der Waals surface area contributed by atoms with Gasteiger partial charge in [-0.2, -0.15) is 0 Å². The van der Waals surface area contributed by atoms with Crippen LogP contribution in [0.5, 0.6) is 0 Å². The largest absolute Gasteiger partial charge is 0.379 e. The normalized spacial score (nSPS) is 19.6. The maximum absolute atomic E-state index is 5.37. The number of hydrogen-bond donors (Lipinski definition) is 0. The summed E-state index contributed by atoms with van der Waals surface area (Å²) in [6, 6.07) is 9.17. The summed E-state index contributed by atoms with van der Waals surface area (Å²) in [5.74, 6) is 0. The summed E-state index contributed by atoms with van der Waals surface area (Å²) in [5, 5.41) is 0. The summed E-state index contributed by atoms with van der Waals surface area (Å²) in [6.45, 7) is 6.18. The number of benzene rings is 1. The molecule has 1 saturated heterocycles. The Hall–Kier alpha value is -0.380. The number of morpholine rings is 1. The highest BCUT2D eigenvalue weighted by Crippen LogP contribution is 2.15. The second-order valence-electron chi connectivity index (χ2n) is 4.33. The Bertz CT molecular complexity index is 336. The number of rotatable bonds is 3. The van der Waals surface area contributed by atoms with Crippen LogP contribution < -0.4 is 0 Å². The quantitative estimate of drug-likeness (QED) is 0.846. The molecule has 0 N–H and O–H groups in total. The van der Waals surface area contributed by atoms with Gasteiger partial charge in [0, 0.05) is 23.6 Å². The van der Waals surface area contributed by atoms with Crippen LogP contribution in [-0.2, 0) is 11.2 Å². The zero-order valence-corrected chi connectivity index (χ0v) is 11.2. The Morgan fingerprint density at radius 2 is 2.12 bits per heavy atom. The van der Waals surface area contributed by atoms with E-state index in [0.717, 1.165) is 32.7 Å². The molecule has 3 heteroatoms. The fourth-order valence-electron chi connectivity index (χ4n) is 2.15. The minimum atomic E-state index is 0.596. The van der Waals surface area contributed by atoms with Gasteiger partial charge in [0.1, 0.15) is 0 Å². The molecule has 0 spiro atoms. The lowest BCUT2D eigenvalue weighted by Gasteiger charge is -2.32. The molecular formula is C13H18BrNO. The third-order valence-electron chi connectivity index (χ3n) is 3.09. The molecule has 1 heterocycles. The van der Waals surface area contributed by atoms with Crippen LogP contribution in [0.1, 0.15) is 12.5 Å². The van der Waals surface area contributed by atoms with E-state index in [4.69, 9.17) is 4.74 Å². The maximum Gasteiger partial charge on any atom is 0.0594 e. The van der Waals surface area contributed by atoms with E-state index in [0.29, 0.717) is 6.04 Å². The van der Waals surface area contributed by atoms with Crippen molar-refractivity contribution >= 4 is 15.9 Å². The summed E-state index contributed by atoms with van der Waals surface area (Å²) in [5.41, 5.74) is 1.40. The van der Waals surface area contributed by atoms with Crippen molar-refractivity contribution in [1.29, 1.82) is 0 Å². The molecule has 1 aliphatic rings. The standard InChI is InChI=1S/C13H18BrNO/c1-11(15-5-7-16-8-6-15)9-12-3-2-4-13(14)10-12/h2-4,10-11H,5-9H2,1H3. The Kier molecular flexibility index (Phi) is 4.38. The van der Waals surface area contributed by atoms with Crippen molar-refractivity contribution in [3.8, 4) is 0 Å². The lowest BCUT2D eigenvalue weighted by atomic mass is 10.1. The van der Waals surface area contributed by atoms with E-state index < -0.39 is 0 Å². The molecule has 2 nitrogen and oxygen atoms in total. The molecule has 1 atom stereocenters. The lowest BCUT2D eigenvalue weighted by Crippen LogP contribution is -2.43. The summed E-state index contributed by atoms with van der Waals surface area (Å²) in [7, 11) is 0. The molecule has 1 aliphatic heterocycles. The van der Waals surface area contributed by atoms with Crippen LogP contribution in [0.3, 0.4) is 0 Å². The first-order valence-electron chi connectivity index (χ1n) is 5.82. The fourth-order valence-corrected chi connectivity index (χ4v) is 2.60. The van der Waals surface area contributed by atoms with Gasteiger partial charge >= 0.3 is 0 Å². The second-order valence-corrected chi connectivity index (χ2v) is 5.25. The van der Waals surface area contributed by atoms with E-state index in [1.807, 2.05) is 0 Å². The lowest BCUT2D eigenvalue weighted by molar-refractivity contribution is 0.0203. The summed E-state index contributed by atoms with van der Waals surface area (Å²) in [6.07, 6.45) is 1.11. The molecule has 0 radical (unpaired) electrons. The molecule has 0 bridgehead atoms. The smallest absolute Gasteiger partial charge is 0.0594 e. The Morgan fingerprint density at radius 1 is 1.38 bits per heavy atom. The van der Waals surface area contributed by atoms with Crippen molar-refractivity contribution in [2.24, 2.45) is 0 Å². The van der Waals surface area contributed by atoms with Crippen molar-refractivity contribution in [1.82, 2.24) is 4.90 Å². The molecule has 0 aromatic heterocycles. The van der Waals surface area contributed by atoms with Gasteiger partial charge in [-0.25, -0.2) is 0 Å². The summed E-state index contributed by atoms with van der Waals surface area (Å²) in [4.78, 5) is 2.50. The minimum absolute atomic E-state index is 0.596. The predicted octanol–water partition coefficient (Wildman–Crippen LogP) is 2.71. The van der Waals surface area contributed by atoms with Crippen LogP contribution in [0, 0.1) is 0 Å². The van der Waals surface area contributed by atoms with Crippen LogP contribution in [0.15, 0.2) is 28.7 Å². The molecule has 0 saturated carbocycles. The van der Waals surface area contributed by atoms with Crippen LogP contribution in [0.25, 0.3) is 0 Å². The Morgan fingerprint density at radius 3 is 2.81 bits per heavy atom. The van der Waals surface area contributed by atoms with E-state index in [1.165, 1.54) is 10.0 Å². The van der Waals surface area contributed by atoms with Crippen molar-refractivity contribution in [2.45, 2.75) is 19.4 Å². The van der Waals surface area contributed by atoms with Gasteiger partial charge in [0.05, 0.1) is 13.2 Å². The third kappa shape index (κ3) is 3.30. The van der Waals surface area contributed by atoms with Crippen molar-refractivity contribution in [2.75, 3.05) is 26.3 Å². The second kappa shape index (κ2) is 5.80. The van der Waals surface area contributed by atoms with Gasteiger partial charge in [0.15, 0.2) is 0 Å². The third-order valence-corrected chi connectivity index (χ3v) is 3.58. The first-order chi connectivity index (χ1) is 7.75. The van der Waals surface area contributed by atoms with Gasteiger partial charge in [0.25, 0.3) is 0 Å². The molecule has 1 aromatic carbocycles. The van der Waals surface area contributed by atoms with E-state index in [-0.39, 0.29) is 0 Å². The molecule has 1 unspecified atom stereocenters. The topological polar surface area (TPSA) is 12.5 Å². The number of ether oxygens (including phenoxy) is 1. The number of nitrogens with zero attached hydrogens (tertiary/aromatic N) is 1. The van der Waals surface area contributed by atoms with E-state index in [2.05, 4.69) is 52.0 Å². The Labute approximate surface area is 106 Å². The van der Waals surface area contributed by atoms with Gasteiger partial charge in [-0.05, 0) is 31.0 Å². The van der Waals surface area contributed by atoms with Crippen LogP contribution in [0.4, 0.5) is 0 Å². The average Bonchev–Trinajstić information content (AvgIpc) is 2.30. The van der Waals surface area contributed by atoms with Gasteiger partial charge in [0.2, 0.25) is 0 Å². The summed E-state index contributed by atoms with van der Waals surface area (Å²) < 4.78 is 6.54. The van der Waals surface area contributed by atoms with Crippen LogP contribution in [0.2, 0.25) is 0 Å². The van der Waals surface area contributed by atoms with Gasteiger partial charge < -0.3 is 4.74 Å². The molecule has 88 valence electrons. The van der Waals surface area contributed by atoms with Gasteiger partial charge in [-0.3, -0.25) is 4.90 Å². The maximum atomic E-state index is 5.37. The van der Waals surface area contributed by atoms with Crippen molar-refractivity contribution in [3.63, 3.8) is 0 Å². The fraction of sp³-hybridized carbons (Fsp3) is 0.538. The van der Waals surface area contributed by atoms with E-state index >= 15 is 0 Å². The highest BCUT2D eigenvalue weighted by molar-refractivity contribution is 9.10. The predicted molar refractivity (Wildman–Crippen MR) is 69.7 cm³/mol. The SMILES string of the molecule is CC(Cc1cccc(Br)c1)N1CCOCC1. The van der Waals surface area contributed by atoms with Crippen LogP contribution >= 0.6 is 15.9 Å². The van der Waals surface area contributed by atoms with Crippen LogP contribution in [-0.4, -0.2) is 37.2 Å².